The molecule has 0 radical (unpaired) electrons. The van der Waals surface area contributed by atoms with Gasteiger partial charge in [-0.25, -0.2) is 4.39 Å². The molecule has 3 nitrogen and oxygen atoms in total. The molecule has 6 heteroatoms. The average molecular weight is 269 g/mol. The highest BCUT2D eigenvalue weighted by molar-refractivity contribution is 8.00. The molecule has 0 bridgehead atoms. The molecule has 0 aliphatic heterocycles. The van der Waals surface area contributed by atoms with Crippen molar-refractivity contribution in [3.05, 3.63) is 35.6 Å². The second kappa shape index (κ2) is 5.97. The van der Waals surface area contributed by atoms with Crippen LogP contribution in [-0.2, 0) is 5.75 Å². The second-order valence-electron chi connectivity index (χ2n) is 3.32. The molecule has 1 aromatic heterocycles. The number of thioether (sulfide) groups is 1. The van der Waals surface area contributed by atoms with Crippen LogP contribution in [0, 0.1) is 5.82 Å². The van der Waals surface area contributed by atoms with Crippen LogP contribution in [0.5, 0.6) is 0 Å². The Hall–Kier alpha value is -1.14. The SMILES string of the molecule is CCNc1nnc(SCc2cccc(F)c2)s1. The van der Waals surface area contributed by atoms with Gasteiger partial charge in [0.2, 0.25) is 5.13 Å². The van der Waals surface area contributed by atoms with Crippen molar-refractivity contribution >= 4 is 28.2 Å². The maximum absolute atomic E-state index is 13.0. The summed E-state index contributed by atoms with van der Waals surface area (Å²) in [6.07, 6.45) is 0. The Morgan fingerprint density at radius 3 is 3.06 bits per heavy atom. The van der Waals surface area contributed by atoms with Gasteiger partial charge in [0.15, 0.2) is 4.34 Å². The molecular formula is C11H12FN3S2. The second-order valence-corrected chi connectivity index (χ2v) is 5.52. The van der Waals surface area contributed by atoms with Crippen molar-refractivity contribution in [2.75, 3.05) is 11.9 Å². The molecule has 0 fully saturated rings. The summed E-state index contributed by atoms with van der Waals surface area (Å²) in [5, 5.41) is 12.0. The van der Waals surface area contributed by atoms with E-state index in [1.54, 1.807) is 23.9 Å². The maximum Gasteiger partial charge on any atom is 0.206 e. The van der Waals surface area contributed by atoms with Gasteiger partial charge in [0, 0.05) is 12.3 Å². The summed E-state index contributed by atoms with van der Waals surface area (Å²) < 4.78 is 13.8. The Kier molecular flexibility index (Phi) is 4.33. The number of nitrogens with one attached hydrogen (secondary N) is 1. The first-order valence-electron chi connectivity index (χ1n) is 5.22. The lowest BCUT2D eigenvalue weighted by Gasteiger charge is -1.98. The molecule has 0 atom stereocenters. The molecule has 0 amide bonds. The normalized spacial score (nSPS) is 10.5. The van der Waals surface area contributed by atoms with Crippen LogP contribution >= 0.6 is 23.1 Å². The monoisotopic (exact) mass is 269 g/mol. The summed E-state index contributed by atoms with van der Waals surface area (Å²) in [5.74, 6) is 0.507. The standard InChI is InChI=1S/C11H12FN3S2/c1-2-13-10-14-15-11(17-10)16-7-8-4-3-5-9(12)6-8/h3-6H,2,7H2,1H3,(H,13,14). The van der Waals surface area contributed by atoms with Crippen LogP contribution in [-0.4, -0.2) is 16.7 Å². The van der Waals surface area contributed by atoms with Crippen LogP contribution in [0.25, 0.3) is 0 Å². The molecular weight excluding hydrogens is 257 g/mol. The molecule has 90 valence electrons. The Balaban J connectivity index is 1.93. The number of anilines is 1. The van der Waals surface area contributed by atoms with Crippen LogP contribution in [0.4, 0.5) is 9.52 Å². The summed E-state index contributed by atoms with van der Waals surface area (Å²) >= 11 is 3.08. The third-order valence-electron chi connectivity index (χ3n) is 1.99. The molecule has 1 heterocycles. The van der Waals surface area contributed by atoms with Gasteiger partial charge in [-0.2, -0.15) is 0 Å². The van der Waals surface area contributed by atoms with E-state index >= 15 is 0 Å². The lowest BCUT2D eigenvalue weighted by atomic mass is 10.2. The van der Waals surface area contributed by atoms with Crippen molar-refractivity contribution in [3.63, 3.8) is 0 Å². The van der Waals surface area contributed by atoms with E-state index in [9.17, 15) is 4.39 Å². The quantitative estimate of drug-likeness (QED) is 0.844. The fourth-order valence-electron chi connectivity index (χ4n) is 1.26. The molecule has 1 aromatic carbocycles. The topological polar surface area (TPSA) is 37.8 Å². The molecule has 0 saturated carbocycles. The fourth-order valence-corrected chi connectivity index (χ4v) is 3.03. The predicted molar refractivity (Wildman–Crippen MR) is 70.0 cm³/mol. The van der Waals surface area contributed by atoms with E-state index in [0.717, 1.165) is 21.6 Å². The molecule has 0 aliphatic rings. The third kappa shape index (κ3) is 3.67. The molecule has 2 rings (SSSR count). The fraction of sp³-hybridized carbons (Fsp3) is 0.273. The minimum absolute atomic E-state index is 0.200. The first kappa shape index (κ1) is 12.3. The zero-order valence-corrected chi connectivity index (χ0v) is 10.9. The van der Waals surface area contributed by atoms with Gasteiger partial charge in [-0.1, -0.05) is 35.2 Å². The lowest BCUT2D eigenvalue weighted by Crippen LogP contribution is -1.94. The summed E-state index contributed by atoms with van der Waals surface area (Å²) in [5.41, 5.74) is 0.954. The molecule has 0 unspecified atom stereocenters. The van der Waals surface area contributed by atoms with Gasteiger partial charge in [0.1, 0.15) is 5.82 Å². The number of benzene rings is 1. The van der Waals surface area contributed by atoms with E-state index in [-0.39, 0.29) is 5.82 Å². The van der Waals surface area contributed by atoms with E-state index in [0.29, 0.717) is 5.75 Å². The van der Waals surface area contributed by atoms with E-state index in [4.69, 9.17) is 0 Å². The Bertz CT molecular complexity index is 487. The summed E-state index contributed by atoms with van der Waals surface area (Å²) in [6.45, 7) is 2.85. The Labute approximate surface area is 107 Å². The predicted octanol–water partition coefficient (Wildman–Crippen LogP) is 3.40. The highest BCUT2D eigenvalue weighted by atomic mass is 32.2. The first-order chi connectivity index (χ1) is 8.28. The highest BCUT2D eigenvalue weighted by Crippen LogP contribution is 2.28. The Morgan fingerprint density at radius 1 is 1.41 bits per heavy atom. The van der Waals surface area contributed by atoms with Crippen LogP contribution in [0.1, 0.15) is 12.5 Å². The van der Waals surface area contributed by atoms with E-state index in [2.05, 4.69) is 15.5 Å². The van der Waals surface area contributed by atoms with Gasteiger partial charge in [-0.3, -0.25) is 0 Å². The number of aromatic nitrogens is 2. The van der Waals surface area contributed by atoms with Gasteiger partial charge in [-0.15, -0.1) is 10.2 Å². The van der Waals surface area contributed by atoms with Gasteiger partial charge in [0.25, 0.3) is 0 Å². The number of halogens is 1. The Morgan fingerprint density at radius 2 is 2.29 bits per heavy atom. The maximum atomic E-state index is 13.0. The van der Waals surface area contributed by atoms with Crippen molar-refractivity contribution in [2.45, 2.75) is 17.0 Å². The van der Waals surface area contributed by atoms with Crippen molar-refractivity contribution in [1.82, 2.24) is 10.2 Å². The number of hydrogen-bond donors (Lipinski definition) is 1. The van der Waals surface area contributed by atoms with Gasteiger partial charge in [0.05, 0.1) is 0 Å². The molecule has 1 N–H and O–H groups in total. The molecule has 0 saturated heterocycles. The summed E-state index contributed by atoms with van der Waals surface area (Å²) in [7, 11) is 0. The minimum atomic E-state index is -0.200. The molecule has 17 heavy (non-hydrogen) atoms. The number of rotatable bonds is 5. The largest absolute Gasteiger partial charge is 0.360 e. The zero-order chi connectivity index (χ0) is 12.1. The van der Waals surface area contributed by atoms with E-state index < -0.39 is 0 Å². The minimum Gasteiger partial charge on any atom is -0.360 e. The highest BCUT2D eigenvalue weighted by Gasteiger charge is 2.04. The average Bonchev–Trinajstić information content (AvgIpc) is 2.75. The molecule has 0 aliphatic carbocycles. The van der Waals surface area contributed by atoms with Crippen LogP contribution in [0.2, 0.25) is 0 Å². The van der Waals surface area contributed by atoms with Crippen molar-refractivity contribution in [2.24, 2.45) is 0 Å². The van der Waals surface area contributed by atoms with E-state index in [1.165, 1.54) is 17.4 Å². The molecule has 2 aromatic rings. The number of hydrogen-bond acceptors (Lipinski definition) is 5. The van der Waals surface area contributed by atoms with Gasteiger partial charge < -0.3 is 5.32 Å². The molecule has 0 spiro atoms. The van der Waals surface area contributed by atoms with E-state index in [1.807, 2.05) is 13.0 Å². The first-order valence-corrected chi connectivity index (χ1v) is 7.02. The summed E-state index contributed by atoms with van der Waals surface area (Å²) in [6, 6.07) is 6.61. The van der Waals surface area contributed by atoms with Crippen LogP contribution in [0.15, 0.2) is 28.6 Å². The van der Waals surface area contributed by atoms with Crippen molar-refractivity contribution in [3.8, 4) is 0 Å². The van der Waals surface area contributed by atoms with Crippen molar-refractivity contribution in [1.29, 1.82) is 0 Å². The van der Waals surface area contributed by atoms with Crippen LogP contribution in [0.3, 0.4) is 0 Å². The third-order valence-corrected chi connectivity index (χ3v) is 4.07. The van der Waals surface area contributed by atoms with Gasteiger partial charge in [-0.05, 0) is 24.6 Å². The zero-order valence-electron chi connectivity index (χ0n) is 9.31. The number of nitrogens with zero attached hydrogens (tertiary/aromatic N) is 2. The van der Waals surface area contributed by atoms with Crippen molar-refractivity contribution < 1.29 is 4.39 Å². The summed E-state index contributed by atoms with van der Waals surface area (Å²) in [4.78, 5) is 0. The van der Waals surface area contributed by atoms with Gasteiger partial charge >= 0.3 is 0 Å². The smallest absolute Gasteiger partial charge is 0.206 e. The lowest BCUT2D eigenvalue weighted by molar-refractivity contribution is 0.626. The van der Waals surface area contributed by atoms with Crippen LogP contribution < -0.4 is 5.32 Å².